The number of carbonyl (C=O) groups is 2. The van der Waals surface area contributed by atoms with E-state index in [1.54, 1.807) is 39.0 Å². The minimum atomic E-state index is -0.759. The van der Waals surface area contributed by atoms with E-state index in [1.807, 2.05) is 5.43 Å². The van der Waals surface area contributed by atoms with Crippen molar-refractivity contribution in [1.29, 1.82) is 0 Å². The molecule has 0 aliphatic carbocycles. The molecule has 2 rings (SSSR count). The molecule has 0 spiro atoms. The number of nitrogens with two attached hydrogens (primary N) is 1. The molecule has 8 heteroatoms. The van der Waals surface area contributed by atoms with E-state index in [2.05, 4.69) is 5.32 Å². The third kappa shape index (κ3) is 5.45. The Bertz CT molecular complexity index is 818. The Hall–Kier alpha value is -3.13. The molecular weight excluding hydrogens is 341 g/mol. The minimum Gasteiger partial charge on any atom is -0.457 e. The third-order valence-electron chi connectivity index (χ3n) is 3.04. The minimum absolute atomic E-state index is 0.0390. The molecule has 2 aromatic carbocycles. The van der Waals surface area contributed by atoms with Gasteiger partial charge in [-0.25, -0.2) is 15.0 Å². The summed E-state index contributed by atoms with van der Waals surface area (Å²) in [4.78, 5) is 23.2. The fourth-order valence-corrected chi connectivity index (χ4v) is 1.99. The molecule has 7 nitrogen and oxygen atoms in total. The first-order valence-corrected chi connectivity index (χ1v) is 7.76. The molecule has 0 bridgehead atoms. The second-order valence-corrected chi connectivity index (χ2v) is 6.37. The molecule has 0 saturated carbocycles. The van der Waals surface area contributed by atoms with Gasteiger partial charge in [0.05, 0.1) is 5.69 Å². The molecule has 0 aromatic heterocycles. The first-order chi connectivity index (χ1) is 12.2. The number of hydrogen-bond donors (Lipinski definition) is 3. The molecule has 4 N–H and O–H groups in total. The Morgan fingerprint density at radius 1 is 1.08 bits per heavy atom. The van der Waals surface area contributed by atoms with Crippen molar-refractivity contribution < 1.29 is 23.5 Å². The van der Waals surface area contributed by atoms with Gasteiger partial charge in [-0.2, -0.15) is 0 Å². The molecule has 0 heterocycles. The van der Waals surface area contributed by atoms with Crippen LogP contribution < -0.4 is 21.3 Å². The summed E-state index contributed by atoms with van der Waals surface area (Å²) in [5.41, 5.74) is 1.59. The summed E-state index contributed by atoms with van der Waals surface area (Å²) >= 11 is 0. The monoisotopic (exact) mass is 361 g/mol. The van der Waals surface area contributed by atoms with E-state index in [1.165, 1.54) is 18.2 Å². The summed E-state index contributed by atoms with van der Waals surface area (Å²) in [6, 6.07) is 10.2. The summed E-state index contributed by atoms with van der Waals surface area (Å²) in [5.74, 6) is 4.45. The van der Waals surface area contributed by atoms with Gasteiger partial charge in [0.1, 0.15) is 17.1 Å². The summed E-state index contributed by atoms with van der Waals surface area (Å²) < 4.78 is 24.8. The van der Waals surface area contributed by atoms with Crippen LogP contribution in [0.1, 0.15) is 31.1 Å². The normalized spacial score (nSPS) is 10.8. The Morgan fingerprint density at radius 2 is 1.77 bits per heavy atom. The Morgan fingerprint density at radius 3 is 2.38 bits per heavy atom. The molecule has 0 aliphatic heterocycles. The summed E-state index contributed by atoms with van der Waals surface area (Å²) in [7, 11) is 0. The molecule has 2 amide bonds. The first kappa shape index (κ1) is 19.2. The number of nitrogen functional groups attached to an aromatic ring is 1. The van der Waals surface area contributed by atoms with E-state index in [0.29, 0.717) is 11.3 Å². The molecule has 0 unspecified atom stereocenters. The van der Waals surface area contributed by atoms with Gasteiger partial charge < -0.3 is 9.47 Å². The van der Waals surface area contributed by atoms with Crippen LogP contribution in [-0.2, 0) is 4.74 Å². The molecule has 0 saturated heterocycles. The number of hydrazine groups is 1. The standard InChI is InChI=1S/C18H20FN3O4/c1-18(2,3)26-17(24)21-15-8-7-13(10-14(15)19)25-12-6-4-5-11(9-12)16(23)22-20/h4-10H,20H2,1-3H3,(H,21,24)(H,22,23). The van der Waals surface area contributed by atoms with Crippen LogP contribution in [0.4, 0.5) is 14.9 Å². The second-order valence-electron chi connectivity index (χ2n) is 6.37. The number of ether oxygens (including phenoxy) is 2. The fourth-order valence-electron chi connectivity index (χ4n) is 1.99. The number of rotatable bonds is 4. The topological polar surface area (TPSA) is 103 Å². The van der Waals surface area contributed by atoms with E-state index < -0.39 is 23.4 Å². The SMILES string of the molecule is CC(C)(C)OC(=O)Nc1ccc(Oc2cccc(C(=O)NN)c2)cc1F. The summed E-state index contributed by atoms with van der Waals surface area (Å²) in [5, 5.41) is 2.33. The Kier molecular flexibility index (Phi) is 5.78. The van der Waals surface area contributed by atoms with Gasteiger partial charge in [-0.3, -0.25) is 15.5 Å². The van der Waals surface area contributed by atoms with Crippen molar-refractivity contribution in [3.05, 3.63) is 53.8 Å². The summed E-state index contributed by atoms with van der Waals surface area (Å²) in [6.07, 6.45) is -0.759. The number of nitrogens with one attached hydrogen (secondary N) is 2. The van der Waals surface area contributed by atoms with Crippen LogP contribution in [-0.4, -0.2) is 17.6 Å². The van der Waals surface area contributed by atoms with Crippen molar-refractivity contribution in [3.8, 4) is 11.5 Å². The summed E-state index contributed by atoms with van der Waals surface area (Å²) in [6.45, 7) is 5.12. The molecule has 0 atom stereocenters. The van der Waals surface area contributed by atoms with E-state index in [4.69, 9.17) is 15.3 Å². The van der Waals surface area contributed by atoms with E-state index >= 15 is 0 Å². The van der Waals surface area contributed by atoms with Crippen molar-refractivity contribution in [2.75, 3.05) is 5.32 Å². The maximum atomic E-state index is 14.2. The Balaban J connectivity index is 2.10. The quantitative estimate of drug-likeness (QED) is 0.439. The largest absolute Gasteiger partial charge is 0.457 e. The van der Waals surface area contributed by atoms with Crippen LogP contribution in [0.5, 0.6) is 11.5 Å². The molecular formula is C18H20FN3O4. The number of amides is 2. The molecule has 0 fully saturated rings. The lowest BCUT2D eigenvalue weighted by molar-refractivity contribution is 0.0635. The van der Waals surface area contributed by atoms with Crippen LogP contribution in [0, 0.1) is 5.82 Å². The zero-order valence-corrected chi connectivity index (χ0v) is 14.6. The lowest BCUT2D eigenvalue weighted by atomic mass is 10.2. The lowest BCUT2D eigenvalue weighted by Crippen LogP contribution is -2.29. The fraction of sp³-hybridized carbons (Fsp3) is 0.222. The van der Waals surface area contributed by atoms with Crippen LogP contribution in [0.2, 0.25) is 0 Å². The van der Waals surface area contributed by atoms with E-state index in [9.17, 15) is 14.0 Å². The van der Waals surface area contributed by atoms with Crippen molar-refractivity contribution >= 4 is 17.7 Å². The van der Waals surface area contributed by atoms with Gasteiger partial charge in [-0.1, -0.05) is 6.07 Å². The highest BCUT2D eigenvalue weighted by Crippen LogP contribution is 2.26. The number of halogens is 1. The maximum absolute atomic E-state index is 14.2. The highest BCUT2D eigenvalue weighted by atomic mass is 19.1. The lowest BCUT2D eigenvalue weighted by Gasteiger charge is -2.19. The predicted octanol–water partition coefficient (Wildman–Crippen LogP) is 3.57. The van der Waals surface area contributed by atoms with Crippen molar-refractivity contribution in [1.82, 2.24) is 5.43 Å². The number of anilines is 1. The zero-order chi connectivity index (χ0) is 19.3. The third-order valence-corrected chi connectivity index (χ3v) is 3.04. The average molecular weight is 361 g/mol. The average Bonchev–Trinajstić information content (AvgIpc) is 2.55. The molecule has 0 radical (unpaired) electrons. The van der Waals surface area contributed by atoms with Gasteiger partial charge in [0.25, 0.3) is 5.91 Å². The number of benzene rings is 2. The molecule has 2 aromatic rings. The van der Waals surface area contributed by atoms with Gasteiger partial charge >= 0.3 is 6.09 Å². The number of carbonyl (C=O) groups excluding carboxylic acids is 2. The predicted molar refractivity (Wildman–Crippen MR) is 94.4 cm³/mol. The van der Waals surface area contributed by atoms with Crippen molar-refractivity contribution in [2.24, 2.45) is 5.84 Å². The smallest absolute Gasteiger partial charge is 0.412 e. The van der Waals surface area contributed by atoms with Crippen LogP contribution in [0.25, 0.3) is 0 Å². The van der Waals surface area contributed by atoms with Crippen molar-refractivity contribution in [2.45, 2.75) is 26.4 Å². The van der Waals surface area contributed by atoms with Gasteiger partial charge in [0.15, 0.2) is 5.82 Å². The zero-order valence-electron chi connectivity index (χ0n) is 14.6. The van der Waals surface area contributed by atoms with Gasteiger partial charge in [-0.05, 0) is 51.1 Å². The number of hydrogen-bond acceptors (Lipinski definition) is 5. The van der Waals surface area contributed by atoms with Crippen LogP contribution in [0.15, 0.2) is 42.5 Å². The highest BCUT2D eigenvalue weighted by molar-refractivity contribution is 5.94. The molecule has 138 valence electrons. The molecule has 0 aliphatic rings. The van der Waals surface area contributed by atoms with Gasteiger partial charge in [-0.15, -0.1) is 0 Å². The Labute approximate surface area is 150 Å². The van der Waals surface area contributed by atoms with Gasteiger partial charge in [0.2, 0.25) is 0 Å². The molecule has 26 heavy (non-hydrogen) atoms. The first-order valence-electron chi connectivity index (χ1n) is 7.76. The van der Waals surface area contributed by atoms with E-state index in [0.717, 1.165) is 6.07 Å². The van der Waals surface area contributed by atoms with Crippen LogP contribution >= 0.6 is 0 Å². The van der Waals surface area contributed by atoms with Crippen LogP contribution in [0.3, 0.4) is 0 Å². The van der Waals surface area contributed by atoms with Gasteiger partial charge in [0, 0.05) is 11.6 Å². The van der Waals surface area contributed by atoms with E-state index in [-0.39, 0.29) is 11.4 Å². The second kappa shape index (κ2) is 7.83. The maximum Gasteiger partial charge on any atom is 0.412 e. The highest BCUT2D eigenvalue weighted by Gasteiger charge is 2.17. The van der Waals surface area contributed by atoms with Crippen molar-refractivity contribution in [3.63, 3.8) is 0 Å².